The number of primary amides is 1. The van der Waals surface area contributed by atoms with E-state index in [2.05, 4.69) is 5.32 Å². The van der Waals surface area contributed by atoms with Crippen molar-refractivity contribution in [2.24, 2.45) is 5.73 Å². The van der Waals surface area contributed by atoms with Crippen molar-refractivity contribution < 1.29 is 4.79 Å². The summed E-state index contributed by atoms with van der Waals surface area (Å²) in [4.78, 5) is 9.97. The Morgan fingerprint density at radius 3 is 2.25 bits per heavy atom. The predicted octanol–water partition coefficient (Wildman–Crippen LogP) is 0.578. The Labute approximate surface area is 48.6 Å². The SMILES string of the molecule is CC(C)=CNC(N)=O. The number of rotatable bonds is 1. The number of nitrogens with two attached hydrogens (primary N) is 1. The van der Waals surface area contributed by atoms with E-state index in [-0.39, 0.29) is 0 Å². The lowest BCUT2D eigenvalue weighted by Gasteiger charge is -1.90. The summed E-state index contributed by atoms with van der Waals surface area (Å²) >= 11 is 0. The molecule has 0 fully saturated rings. The quantitative estimate of drug-likeness (QED) is 0.514. The first-order valence-electron chi connectivity index (χ1n) is 2.32. The van der Waals surface area contributed by atoms with Crippen molar-refractivity contribution in [1.29, 1.82) is 0 Å². The standard InChI is InChI=1S/C5H10N2O/c1-4(2)3-7-5(6)8/h3H,1-2H3,(H3,6,7,8). The summed E-state index contributed by atoms with van der Waals surface area (Å²) in [6.07, 6.45) is 1.56. The summed E-state index contributed by atoms with van der Waals surface area (Å²) < 4.78 is 0. The fraction of sp³-hybridized carbons (Fsp3) is 0.400. The van der Waals surface area contributed by atoms with Crippen molar-refractivity contribution >= 4 is 6.03 Å². The number of carbonyl (C=O) groups is 1. The van der Waals surface area contributed by atoms with Crippen LogP contribution in [-0.2, 0) is 0 Å². The van der Waals surface area contributed by atoms with Gasteiger partial charge in [-0.05, 0) is 13.8 Å². The Bertz CT molecular complexity index is 114. The first-order valence-corrected chi connectivity index (χ1v) is 2.32. The summed E-state index contributed by atoms with van der Waals surface area (Å²) in [6, 6.07) is -0.522. The molecule has 0 aliphatic carbocycles. The maximum absolute atomic E-state index is 9.97. The summed E-state index contributed by atoms with van der Waals surface area (Å²) in [7, 11) is 0. The van der Waals surface area contributed by atoms with E-state index < -0.39 is 6.03 Å². The van der Waals surface area contributed by atoms with Gasteiger partial charge in [0.05, 0.1) is 0 Å². The van der Waals surface area contributed by atoms with E-state index in [0.717, 1.165) is 5.57 Å². The molecule has 0 unspecified atom stereocenters. The minimum absolute atomic E-state index is 0.522. The average molecular weight is 114 g/mol. The van der Waals surface area contributed by atoms with Gasteiger partial charge in [0.25, 0.3) is 0 Å². The smallest absolute Gasteiger partial charge is 0.316 e. The van der Waals surface area contributed by atoms with Crippen molar-refractivity contribution in [2.75, 3.05) is 0 Å². The summed E-state index contributed by atoms with van der Waals surface area (Å²) in [6.45, 7) is 3.74. The monoisotopic (exact) mass is 114 g/mol. The lowest BCUT2D eigenvalue weighted by molar-refractivity contribution is 0.252. The number of hydrogen-bond donors (Lipinski definition) is 2. The lowest BCUT2D eigenvalue weighted by atomic mass is 10.4. The minimum Gasteiger partial charge on any atom is -0.351 e. The third kappa shape index (κ3) is 5.01. The largest absolute Gasteiger partial charge is 0.351 e. The molecule has 0 atom stereocenters. The van der Waals surface area contributed by atoms with Crippen LogP contribution in [0.1, 0.15) is 13.8 Å². The summed E-state index contributed by atoms with van der Waals surface area (Å²) in [5.74, 6) is 0. The molecule has 3 heteroatoms. The van der Waals surface area contributed by atoms with Gasteiger partial charge in [0, 0.05) is 6.20 Å². The minimum atomic E-state index is -0.522. The maximum atomic E-state index is 9.97. The van der Waals surface area contributed by atoms with E-state index in [1.54, 1.807) is 6.20 Å². The van der Waals surface area contributed by atoms with Gasteiger partial charge < -0.3 is 11.1 Å². The van der Waals surface area contributed by atoms with Crippen molar-refractivity contribution in [3.8, 4) is 0 Å². The van der Waals surface area contributed by atoms with Gasteiger partial charge in [0.1, 0.15) is 0 Å². The third-order valence-electron chi connectivity index (χ3n) is 0.503. The number of allylic oxidation sites excluding steroid dienone is 1. The van der Waals surface area contributed by atoms with Crippen molar-refractivity contribution in [3.63, 3.8) is 0 Å². The second kappa shape index (κ2) is 3.07. The molecule has 0 rings (SSSR count). The zero-order chi connectivity index (χ0) is 6.57. The molecule has 0 saturated carbocycles. The van der Waals surface area contributed by atoms with Gasteiger partial charge in [0.15, 0.2) is 0 Å². The van der Waals surface area contributed by atoms with E-state index in [1.165, 1.54) is 0 Å². The number of urea groups is 1. The molecule has 0 aliphatic rings. The fourth-order valence-electron chi connectivity index (χ4n) is 0.215. The van der Waals surface area contributed by atoms with Gasteiger partial charge in [0.2, 0.25) is 0 Å². The van der Waals surface area contributed by atoms with Crippen LogP contribution in [0.25, 0.3) is 0 Å². The summed E-state index contributed by atoms with van der Waals surface area (Å²) in [5.41, 5.74) is 5.76. The normalized spacial score (nSPS) is 7.75. The highest BCUT2D eigenvalue weighted by atomic mass is 16.2. The zero-order valence-electron chi connectivity index (χ0n) is 5.06. The molecule has 2 amide bonds. The van der Waals surface area contributed by atoms with Gasteiger partial charge in [-0.15, -0.1) is 0 Å². The third-order valence-corrected chi connectivity index (χ3v) is 0.503. The number of hydrogen-bond acceptors (Lipinski definition) is 1. The molecule has 0 spiro atoms. The van der Waals surface area contributed by atoms with Crippen molar-refractivity contribution in [2.45, 2.75) is 13.8 Å². The highest BCUT2D eigenvalue weighted by Crippen LogP contribution is 1.81. The van der Waals surface area contributed by atoms with Gasteiger partial charge in [-0.3, -0.25) is 0 Å². The topological polar surface area (TPSA) is 55.1 Å². The fourth-order valence-corrected chi connectivity index (χ4v) is 0.215. The lowest BCUT2D eigenvalue weighted by Crippen LogP contribution is -2.24. The van der Waals surface area contributed by atoms with E-state index in [0.29, 0.717) is 0 Å². The second-order valence-corrected chi connectivity index (χ2v) is 1.73. The van der Waals surface area contributed by atoms with Crippen LogP contribution in [0.4, 0.5) is 4.79 Å². The van der Waals surface area contributed by atoms with Gasteiger partial charge in [-0.2, -0.15) is 0 Å². The highest BCUT2D eigenvalue weighted by molar-refractivity contribution is 5.72. The summed E-state index contributed by atoms with van der Waals surface area (Å²) in [5, 5.41) is 2.32. The van der Waals surface area contributed by atoms with Crippen molar-refractivity contribution in [3.05, 3.63) is 11.8 Å². The Morgan fingerprint density at radius 2 is 2.12 bits per heavy atom. The first-order chi connectivity index (χ1) is 3.63. The Balaban J connectivity index is 3.45. The average Bonchev–Trinajstić information content (AvgIpc) is 1.61. The van der Waals surface area contributed by atoms with Crippen LogP contribution in [0.3, 0.4) is 0 Å². The molecular weight excluding hydrogens is 104 g/mol. The van der Waals surface area contributed by atoms with E-state index >= 15 is 0 Å². The number of nitrogens with one attached hydrogen (secondary N) is 1. The molecule has 3 N–H and O–H groups in total. The molecule has 0 heterocycles. The number of carbonyl (C=O) groups excluding carboxylic acids is 1. The molecular formula is C5H10N2O. The van der Waals surface area contributed by atoms with Crippen LogP contribution in [0.15, 0.2) is 11.8 Å². The molecule has 0 aromatic carbocycles. The predicted molar refractivity (Wildman–Crippen MR) is 32.2 cm³/mol. The Hall–Kier alpha value is -0.990. The Morgan fingerprint density at radius 1 is 1.62 bits per heavy atom. The van der Waals surface area contributed by atoms with Crippen LogP contribution >= 0.6 is 0 Å². The molecule has 3 nitrogen and oxygen atoms in total. The van der Waals surface area contributed by atoms with E-state index in [1.807, 2.05) is 13.8 Å². The molecule has 0 bridgehead atoms. The van der Waals surface area contributed by atoms with Crippen LogP contribution in [0, 0.1) is 0 Å². The van der Waals surface area contributed by atoms with Gasteiger partial charge >= 0.3 is 6.03 Å². The van der Waals surface area contributed by atoms with Gasteiger partial charge in [-0.1, -0.05) is 5.57 Å². The maximum Gasteiger partial charge on any atom is 0.316 e. The van der Waals surface area contributed by atoms with Crippen LogP contribution in [-0.4, -0.2) is 6.03 Å². The van der Waals surface area contributed by atoms with Crippen LogP contribution in [0.2, 0.25) is 0 Å². The van der Waals surface area contributed by atoms with E-state index in [9.17, 15) is 4.79 Å². The molecule has 0 aromatic heterocycles. The molecule has 8 heavy (non-hydrogen) atoms. The number of amides is 2. The first kappa shape index (κ1) is 7.01. The van der Waals surface area contributed by atoms with E-state index in [4.69, 9.17) is 5.73 Å². The molecule has 46 valence electrons. The van der Waals surface area contributed by atoms with Crippen LogP contribution < -0.4 is 11.1 Å². The Kier molecular flexibility index (Phi) is 2.69. The second-order valence-electron chi connectivity index (χ2n) is 1.73. The zero-order valence-corrected chi connectivity index (χ0v) is 5.06. The van der Waals surface area contributed by atoms with Gasteiger partial charge in [-0.25, -0.2) is 4.79 Å². The molecule has 0 saturated heterocycles. The van der Waals surface area contributed by atoms with Crippen molar-refractivity contribution in [1.82, 2.24) is 5.32 Å². The molecule has 0 aromatic rings. The highest BCUT2D eigenvalue weighted by Gasteiger charge is 1.81. The molecule has 0 aliphatic heterocycles. The van der Waals surface area contributed by atoms with Crippen LogP contribution in [0.5, 0.6) is 0 Å². The molecule has 0 radical (unpaired) electrons.